The lowest BCUT2D eigenvalue weighted by Gasteiger charge is -2.21. The third-order valence-electron chi connectivity index (χ3n) is 7.60. The molecule has 0 bridgehead atoms. The molecule has 5 heteroatoms. The number of carbonyl (C=O) groups excluding carboxylic acids is 1. The molecule has 40 heavy (non-hydrogen) atoms. The maximum absolute atomic E-state index is 12.8. The highest BCUT2D eigenvalue weighted by molar-refractivity contribution is 5.97. The normalized spacial score (nSPS) is 12.0. The Morgan fingerprint density at radius 1 is 0.700 bits per heavy atom. The van der Waals surface area contributed by atoms with Gasteiger partial charge in [-0.3, -0.25) is 9.59 Å². The monoisotopic (exact) mass is 539 g/mol. The molecule has 0 saturated carbocycles. The molecule has 4 rings (SSSR count). The Labute approximate surface area is 237 Å². The van der Waals surface area contributed by atoms with Crippen molar-refractivity contribution in [3.63, 3.8) is 0 Å². The van der Waals surface area contributed by atoms with E-state index < -0.39 is 11.9 Å². The number of amides is 1. The number of hydrogen-bond donors (Lipinski definition) is 1. The lowest BCUT2D eigenvalue weighted by atomic mass is 10.0. The molecule has 1 N–H and O–H groups in total. The first-order chi connectivity index (χ1) is 19.5. The van der Waals surface area contributed by atoms with Gasteiger partial charge in [0.05, 0.1) is 6.61 Å². The van der Waals surface area contributed by atoms with Crippen LogP contribution in [0.3, 0.4) is 0 Å². The molecule has 1 unspecified atom stereocenters. The van der Waals surface area contributed by atoms with Crippen molar-refractivity contribution in [3.05, 3.63) is 96.1 Å². The number of rotatable bonds is 16. The fourth-order valence-corrected chi connectivity index (χ4v) is 5.18. The molecule has 0 radical (unpaired) electrons. The lowest BCUT2D eigenvalue weighted by Crippen LogP contribution is -2.40. The highest BCUT2D eigenvalue weighted by Gasteiger charge is 2.29. The molecule has 0 aliphatic rings. The molecule has 0 aliphatic heterocycles. The van der Waals surface area contributed by atoms with E-state index in [9.17, 15) is 14.7 Å². The Hall–Kier alpha value is -3.70. The van der Waals surface area contributed by atoms with Gasteiger partial charge in [0.15, 0.2) is 5.92 Å². The van der Waals surface area contributed by atoms with Gasteiger partial charge in [0, 0.05) is 20.2 Å². The van der Waals surface area contributed by atoms with E-state index in [4.69, 9.17) is 4.74 Å². The number of hydrogen-bond acceptors (Lipinski definition) is 3. The Kier molecular flexibility index (Phi) is 11.1. The number of ether oxygens (including phenoxy) is 1. The van der Waals surface area contributed by atoms with Crippen molar-refractivity contribution in [2.24, 2.45) is 5.92 Å². The predicted molar refractivity (Wildman–Crippen MR) is 163 cm³/mol. The minimum atomic E-state index is -1.15. The fraction of sp³-hybridized carbons (Fsp3) is 0.371. The van der Waals surface area contributed by atoms with Gasteiger partial charge < -0.3 is 14.7 Å². The summed E-state index contributed by atoms with van der Waals surface area (Å²) in [6, 6.07) is 29.9. The number of aryl methyl sites for hydroxylation is 2. The van der Waals surface area contributed by atoms with E-state index in [0.717, 1.165) is 51.4 Å². The van der Waals surface area contributed by atoms with Gasteiger partial charge in [-0.1, -0.05) is 97.8 Å². The molecule has 0 heterocycles. The summed E-state index contributed by atoms with van der Waals surface area (Å²) in [6.45, 7) is 0.938. The molecule has 210 valence electrons. The summed E-state index contributed by atoms with van der Waals surface area (Å²) in [4.78, 5) is 26.1. The van der Waals surface area contributed by atoms with Crippen LogP contribution in [0.2, 0.25) is 0 Å². The smallest absolute Gasteiger partial charge is 0.318 e. The van der Waals surface area contributed by atoms with Crippen LogP contribution in [-0.4, -0.2) is 48.7 Å². The molecule has 0 fully saturated rings. The van der Waals surface area contributed by atoms with Gasteiger partial charge in [0.2, 0.25) is 5.91 Å². The zero-order valence-electron chi connectivity index (χ0n) is 23.6. The van der Waals surface area contributed by atoms with Crippen molar-refractivity contribution in [2.75, 3.05) is 26.8 Å². The Bertz CT molecular complexity index is 1400. The lowest BCUT2D eigenvalue weighted by molar-refractivity contribution is -0.153. The van der Waals surface area contributed by atoms with E-state index >= 15 is 0 Å². The molecule has 0 saturated heterocycles. The average Bonchev–Trinajstić information content (AvgIpc) is 2.97. The minimum Gasteiger partial charge on any atom is -0.481 e. The van der Waals surface area contributed by atoms with E-state index in [0.29, 0.717) is 13.2 Å². The molecule has 1 atom stereocenters. The number of carboxylic acids is 1. The predicted octanol–water partition coefficient (Wildman–Crippen LogP) is 7.29. The SMILES string of the molecule is CN(CCCCCc1ccc2ccccc2c1)C(=O)C(COCCCCCc1ccc2ccccc2c1)C(=O)O. The van der Waals surface area contributed by atoms with Crippen LogP contribution in [0.4, 0.5) is 0 Å². The number of unbranched alkanes of at least 4 members (excludes halogenated alkanes) is 4. The Morgan fingerprint density at radius 3 is 1.77 bits per heavy atom. The third-order valence-corrected chi connectivity index (χ3v) is 7.60. The minimum absolute atomic E-state index is 0.0782. The summed E-state index contributed by atoms with van der Waals surface area (Å²) < 4.78 is 5.63. The van der Waals surface area contributed by atoms with Crippen molar-refractivity contribution in [3.8, 4) is 0 Å². The number of fused-ring (bicyclic) bond motifs is 2. The Balaban J connectivity index is 1.08. The summed E-state index contributed by atoms with van der Waals surface area (Å²) in [5.74, 6) is -2.65. The number of nitrogens with zero attached hydrogens (tertiary/aromatic N) is 1. The summed E-state index contributed by atoms with van der Waals surface area (Å²) in [5, 5.41) is 14.6. The summed E-state index contributed by atoms with van der Waals surface area (Å²) in [5.41, 5.74) is 2.65. The quantitative estimate of drug-likeness (QED) is 0.120. The maximum atomic E-state index is 12.8. The fourth-order valence-electron chi connectivity index (χ4n) is 5.18. The average molecular weight is 540 g/mol. The van der Waals surface area contributed by atoms with Crippen LogP contribution in [0.5, 0.6) is 0 Å². The molecular formula is C35H41NO4. The Morgan fingerprint density at radius 2 is 1.23 bits per heavy atom. The van der Waals surface area contributed by atoms with Gasteiger partial charge in [0.1, 0.15) is 0 Å². The maximum Gasteiger partial charge on any atom is 0.318 e. The van der Waals surface area contributed by atoms with Crippen molar-refractivity contribution in [2.45, 2.75) is 51.4 Å². The topological polar surface area (TPSA) is 66.8 Å². The summed E-state index contributed by atoms with van der Waals surface area (Å²) >= 11 is 0. The van der Waals surface area contributed by atoms with Crippen molar-refractivity contribution < 1.29 is 19.4 Å². The summed E-state index contributed by atoms with van der Waals surface area (Å²) in [6.07, 6.45) is 7.76. The van der Waals surface area contributed by atoms with E-state index in [-0.39, 0.29) is 12.5 Å². The molecule has 4 aromatic rings. The van der Waals surface area contributed by atoms with E-state index in [2.05, 4.69) is 84.9 Å². The molecule has 0 spiro atoms. The van der Waals surface area contributed by atoms with Crippen LogP contribution in [-0.2, 0) is 27.2 Å². The van der Waals surface area contributed by atoms with Crippen LogP contribution in [0.1, 0.15) is 49.7 Å². The van der Waals surface area contributed by atoms with Gasteiger partial charge >= 0.3 is 5.97 Å². The molecule has 0 aromatic heterocycles. The van der Waals surface area contributed by atoms with Crippen LogP contribution >= 0.6 is 0 Å². The number of carboxylic acid groups (broad SMARTS) is 1. The van der Waals surface area contributed by atoms with Gasteiger partial charge in [-0.25, -0.2) is 0 Å². The van der Waals surface area contributed by atoms with E-state index in [1.54, 1.807) is 11.9 Å². The van der Waals surface area contributed by atoms with E-state index in [1.807, 2.05) is 0 Å². The van der Waals surface area contributed by atoms with Crippen LogP contribution in [0, 0.1) is 5.92 Å². The van der Waals surface area contributed by atoms with E-state index in [1.165, 1.54) is 32.7 Å². The molecule has 5 nitrogen and oxygen atoms in total. The van der Waals surface area contributed by atoms with Crippen molar-refractivity contribution >= 4 is 33.4 Å². The van der Waals surface area contributed by atoms with Crippen molar-refractivity contribution in [1.29, 1.82) is 0 Å². The molecule has 1 amide bonds. The first kappa shape index (κ1) is 29.3. The summed E-state index contributed by atoms with van der Waals surface area (Å²) in [7, 11) is 1.69. The zero-order valence-corrected chi connectivity index (χ0v) is 23.6. The van der Waals surface area contributed by atoms with Crippen LogP contribution in [0.25, 0.3) is 21.5 Å². The van der Waals surface area contributed by atoms with Gasteiger partial charge in [-0.15, -0.1) is 0 Å². The van der Waals surface area contributed by atoms with Gasteiger partial charge in [-0.05, 0) is 71.2 Å². The first-order valence-corrected chi connectivity index (χ1v) is 14.5. The first-order valence-electron chi connectivity index (χ1n) is 14.5. The number of carbonyl (C=O) groups is 2. The van der Waals surface area contributed by atoms with Crippen LogP contribution < -0.4 is 0 Å². The highest BCUT2D eigenvalue weighted by atomic mass is 16.5. The second-order valence-electron chi connectivity index (χ2n) is 10.7. The largest absolute Gasteiger partial charge is 0.481 e. The number of benzene rings is 4. The molecule has 4 aromatic carbocycles. The number of aliphatic carboxylic acids is 1. The van der Waals surface area contributed by atoms with Crippen LogP contribution in [0.15, 0.2) is 84.9 Å². The van der Waals surface area contributed by atoms with Gasteiger partial charge in [0.25, 0.3) is 0 Å². The third kappa shape index (κ3) is 8.65. The molecule has 0 aliphatic carbocycles. The van der Waals surface area contributed by atoms with Gasteiger partial charge in [-0.2, -0.15) is 0 Å². The standard InChI is InChI=1S/C35H41NO4/c1-36(22-10-2-4-12-27-18-20-29-14-6-8-16-31(29)24-27)34(37)33(35(38)39)26-40-23-11-3-5-13-28-19-21-30-15-7-9-17-32(30)25-28/h6-9,14-21,24-25,33H,2-5,10-13,22-23,26H2,1H3,(H,38,39). The highest BCUT2D eigenvalue weighted by Crippen LogP contribution is 2.19. The van der Waals surface area contributed by atoms with Crippen molar-refractivity contribution in [1.82, 2.24) is 4.90 Å². The second kappa shape index (κ2) is 15.2. The second-order valence-corrected chi connectivity index (χ2v) is 10.7. The zero-order chi connectivity index (χ0) is 28.2. The molecular weight excluding hydrogens is 498 g/mol.